The number of ether oxygens (including phenoxy) is 2. The van der Waals surface area contributed by atoms with Gasteiger partial charge in [-0.15, -0.1) is 0 Å². The highest BCUT2D eigenvalue weighted by Gasteiger charge is 2.31. The van der Waals surface area contributed by atoms with E-state index in [1.807, 2.05) is 6.07 Å². The van der Waals surface area contributed by atoms with Gasteiger partial charge in [-0.3, -0.25) is 0 Å². The molecule has 1 aromatic carbocycles. The Labute approximate surface area is 115 Å². The van der Waals surface area contributed by atoms with Crippen molar-refractivity contribution >= 4 is 0 Å². The smallest absolute Gasteiger partial charge is 0.166 e. The van der Waals surface area contributed by atoms with Crippen LogP contribution in [-0.2, 0) is 0 Å². The Balaban J connectivity index is 1.88. The summed E-state index contributed by atoms with van der Waals surface area (Å²) in [6.45, 7) is 4.60. The molecule has 0 radical (unpaired) electrons. The molecule has 1 aliphatic carbocycles. The van der Waals surface area contributed by atoms with Crippen LogP contribution in [0.3, 0.4) is 0 Å². The third-order valence-corrected chi connectivity index (χ3v) is 4.17. The quantitative estimate of drug-likeness (QED) is 0.882. The zero-order chi connectivity index (χ0) is 13.1. The largest absolute Gasteiger partial charge is 0.486 e. The minimum absolute atomic E-state index is 0.422. The van der Waals surface area contributed by atoms with Crippen molar-refractivity contribution in [3.05, 3.63) is 23.8 Å². The van der Waals surface area contributed by atoms with Crippen LogP contribution < -0.4 is 14.8 Å². The van der Waals surface area contributed by atoms with Crippen molar-refractivity contribution in [3.63, 3.8) is 0 Å². The van der Waals surface area contributed by atoms with Crippen LogP contribution in [0.15, 0.2) is 18.2 Å². The molecule has 0 spiro atoms. The minimum atomic E-state index is 0.422. The summed E-state index contributed by atoms with van der Waals surface area (Å²) >= 11 is 0. The Kier molecular flexibility index (Phi) is 3.92. The fourth-order valence-electron chi connectivity index (χ4n) is 2.94. The van der Waals surface area contributed by atoms with Gasteiger partial charge < -0.3 is 14.8 Å². The van der Waals surface area contributed by atoms with Gasteiger partial charge in [-0.1, -0.05) is 25.5 Å². The van der Waals surface area contributed by atoms with Gasteiger partial charge in [0.05, 0.1) is 0 Å². The molecule has 1 unspecified atom stereocenters. The van der Waals surface area contributed by atoms with Crippen molar-refractivity contribution in [2.45, 2.75) is 38.6 Å². The average Bonchev–Trinajstić information content (AvgIpc) is 2.41. The summed E-state index contributed by atoms with van der Waals surface area (Å²) < 4.78 is 11.6. The van der Waals surface area contributed by atoms with E-state index in [2.05, 4.69) is 24.4 Å². The van der Waals surface area contributed by atoms with Crippen LogP contribution in [0.5, 0.6) is 11.5 Å². The first-order chi connectivity index (χ1) is 9.40. The predicted octanol–water partition coefficient (Wildman–Crippen LogP) is 3.30. The van der Waals surface area contributed by atoms with Gasteiger partial charge in [0.1, 0.15) is 13.2 Å². The second kappa shape index (κ2) is 5.83. The molecule has 1 fully saturated rings. The normalized spacial score (nSPS) is 19.8. The summed E-state index contributed by atoms with van der Waals surface area (Å²) in [4.78, 5) is 0. The van der Waals surface area contributed by atoms with Gasteiger partial charge >= 0.3 is 0 Å². The second-order valence-electron chi connectivity index (χ2n) is 5.49. The van der Waals surface area contributed by atoms with Crippen molar-refractivity contribution < 1.29 is 9.47 Å². The first-order valence-electron chi connectivity index (χ1n) is 7.52. The van der Waals surface area contributed by atoms with E-state index in [0.717, 1.165) is 30.4 Å². The Morgan fingerprint density at radius 2 is 2.11 bits per heavy atom. The van der Waals surface area contributed by atoms with Gasteiger partial charge in [-0.05, 0) is 37.8 Å². The fraction of sp³-hybridized carbons (Fsp3) is 0.625. The summed E-state index contributed by atoms with van der Waals surface area (Å²) in [6, 6.07) is 6.71. The fourth-order valence-corrected chi connectivity index (χ4v) is 2.94. The summed E-state index contributed by atoms with van der Waals surface area (Å²) in [5, 5.41) is 3.70. The molecule has 104 valence electrons. The molecule has 19 heavy (non-hydrogen) atoms. The molecule has 1 N–H and O–H groups in total. The zero-order valence-electron chi connectivity index (χ0n) is 11.7. The van der Waals surface area contributed by atoms with E-state index in [0.29, 0.717) is 19.3 Å². The summed E-state index contributed by atoms with van der Waals surface area (Å²) in [7, 11) is 0. The molecule has 0 aromatic heterocycles. The summed E-state index contributed by atoms with van der Waals surface area (Å²) in [6.07, 6.45) is 5.18. The SMILES string of the molecule is CCCNC(c1cccc2c1OCCO2)C1CCC1. The second-order valence-corrected chi connectivity index (χ2v) is 5.49. The molecule has 0 bridgehead atoms. The lowest BCUT2D eigenvalue weighted by Crippen LogP contribution is -2.33. The van der Waals surface area contributed by atoms with Crippen LogP contribution in [0.25, 0.3) is 0 Å². The maximum atomic E-state index is 5.87. The Bertz CT molecular complexity index is 429. The topological polar surface area (TPSA) is 30.5 Å². The minimum Gasteiger partial charge on any atom is -0.486 e. The lowest BCUT2D eigenvalue weighted by molar-refractivity contribution is 0.163. The number of para-hydroxylation sites is 1. The maximum Gasteiger partial charge on any atom is 0.166 e. The van der Waals surface area contributed by atoms with E-state index in [1.165, 1.54) is 24.8 Å². The van der Waals surface area contributed by atoms with Crippen molar-refractivity contribution in [1.82, 2.24) is 5.32 Å². The van der Waals surface area contributed by atoms with Crippen LogP contribution in [0.1, 0.15) is 44.2 Å². The molecular formula is C16H23NO2. The first-order valence-corrected chi connectivity index (χ1v) is 7.52. The number of nitrogens with one attached hydrogen (secondary N) is 1. The van der Waals surface area contributed by atoms with Gasteiger partial charge in [0, 0.05) is 11.6 Å². The molecular weight excluding hydrogens is 238 g/mol. The highest BCUT2D eigenvalue weighted by atomic mass is 16.6. The highest BCUT2D eigenvalue weighted by Crippen LogP contribution is 2.44. The van der Waals surface area contributed by atoms with Crippen molar-refractivity contribution in [2.75, 3.05) is 19.8 Å². The van der Waals surface area contributed by atoms with E-state index in [9.17, 15) is 0 Å². The van der Waals surface area contributed by atoms with E-state index < -0.39 is 0 Å². The molecule has 2 aliphatic rings. The Morgan fingerprint density at radius 1 is 1.26 bits per heavy atom. The lowest BCUT2D eigenvalue weighted by Gasteiger charge is -2.36. The van der Waals surface area contributed by atoms with Gasteiger partial charge in [0.2, 0.25) is 0 Å². The molecule has 3 heteroatoms. The Hall–Kier alpha value is -1.22. The number of hydrogen-bond donors (Lipinski definition) is 1. The van der Waals surface area contributed by atoms with Crippen molar-refractivity contribution in [2.24, 2.45) is 5.92 Å². The third-order valence-electron chi connectivity index (χ3n) is 4.17. The van der Waals surface area contributed by atoms with Crippen LogP contribution >= 0.6 is 0 Å². The van der Waals surface area contributed by atoms with Crippen LogP contribution in [0, 0.1) is 5.92 Å². The molecule has 1 saturated carbocycles. The van der Waals surface area contributed by atoms with Gasteiger partial charge in [-0.2, -0.15) is 0 Å². The number of benzene rings is 1. The predicted molar refractivity (Wildman–Crippen MR) is 75.8 cm³/mol. The van der Waals surface area contributed by atoms with E-state index in [1.54, 1.807) is 0 Å². The van der Waals surface area contributed by atoms with E-state index >= 15 is 0 Å². The van der Waals surface area contributed by atoms with Crippen LogP contribution in [0.4, 0.5) is 0 Å². The van der Waals surface area contributed by atoms with E-state index in [-0.39, 0.29) is 0 Å². The first kappa shape index (κ1) is 12.8. The number of rotatable bonds is 5. The Morgan fingerprint density at radius 3 is 2.84 bits per heavy atom. The molecule has 3 nitrogen and oxygen atoms in total. The average molecular weight is 261 g/mol. The summed E-state index contributed by atoms with van der Waals surface area (Å²) in [5.74, 6) is 2.63. The molecule has 0 amide bonds. The molecule has 0 saturated heterocycles. The maximum absolute atomic E-state index is 5.87. The van der Waals surface area contributed by atoms with Crippen LogP contribution in [0.2, 0.25) is 0 Å². The van der Waals surface area contributed by atoms with Crippen molar-refractivity contribution in [3.8, 4) is 11.5 Å². The number of hydrogen-bond acceptors (Lipinski definition) is 3. The lowest BCUT2D eigenvalue weighted by atomic mass is 9.77. The monoisotopic (exact) mass is 261 g/mol. The van der Waals surface area contributed by atoms with Gasteiger partial charge in [0.25, 0.3) is 0 Å². The summed E-state index contributed by atoms with van der Waals surface area (Å²) in [5.41, 5.74) is 1.29. The molecule has 3 rings (SSSR count). The van der Waals surface area contributed by atoms with E-state index in [4.69, 9.17) is 9.47 Å². The molecule has 1 aromatic rings. The number of fused-ring (bicyclic) bond motifs is 1. The molecule has 1 heterocycles. The van der Waals surface area contributed by atoms with Gasteiger partial charge in [-0.25, -0.2) is 0 Å². The third kappa shape index (κ3) is 2.57. The molecule has 1 aliphatic heterocycles. The molecule has 1 atom stereocenters. The van der Waals surface area contributed by atoms with Crippen LogP contribution in [-0.4, -0.2) is 19.8 Å². The van der Waals surface area contributed by atoms with Crippen molar-refractivity contribution in [1.29, 1.82) is 0 Å². The van der Waals surface area contributed by atoms with Gasteiger partial charge in [0.15, 0.2) is 11.5 Å². The highest BCUT2D eigenvalue weighted by molar-refractivity contribution is 5.49. The zero-order valence-corrected chi connectivity index (χ0v) is 11.7. The standard InChI is InChI=1S/C16H23NO2/c1-2-9-17-15(12-5-3-6-12)13-7-4-8-14-16(13)19-11-10-18-14/h4,7-8,12,15,17H,2-3,5-6,9-11H2,1H3.